The number of hydrogen-bond acceptors (Lipinski definition) is 4. The molecule has 1 aliphatic heterocycles. The fourth-order valence-electron chi connectivity index (χ4n) is 3.57. The van der Waals surface area contributed by atoms with Gasteiger partial charge in [0, 0.05) is 18.8 Å². The smallest absolute Gasteiger partial charge is 0.471 e. The Morgan fingerprint density at radius 2 is 1.82 bits per heavy atom. The van der Waals surface area contributed by atoms with Crippen molar-refractivity contribution in [3.63, 3.8) is 0 Å². The molecule has 2 aromatic rings. The van der Waals surface area contributed by atoms with Gasteiger partial charge >= 0.3 is 12.1 Å². The summed E-state index contributed by atoms with van der Waals surface area (Å²) in [5.41, 5.74) is -0.143. The Morgan fingerprint density at radius 1 is 1.15 bits per heavy atom. The minimum Gasteiger partial charge on any atom is -0.494 e. The second-order valence-corrected chi connectivity index (χ2v) is 7.43. The van der Waals surface area contributed by atoms with Crippen LogP contribution in [-0.4, -0.2) is 43.9 Å². The van der Waals surface area contributed by atoms with Gasteiger partial charge in [-0.15, -0.1) is 0 Å². The molecule has 0 bridgehead atoms. The maximum atomic E-state index is 13.6. The van der Waals surface area contributed by atoms with Crippen LogP contribution in [0.3, 0.4) is 0 Å². The summed E-state index contributed by atoms with van der Waals surface area (Å²) >= 11 is 0. The maximum Gasteiger partial charge on any atom is 0.471 e. The first-order valence-corrected chi connectivity index (χ1v) is 10.5. The summed E-state index contributed by atoms with van der Waals surface area (Å²) in [4.78, 5) is 26.0. The molecule has 1 fully saturated rings. The Labute approximate surface area is 188 Å². The van der Waals surface area contributed by atoms with E-state index in [1.165, 1.54) is 36.4 Å². The van der Waals surface area contributed by atoms with Gasteiger partial charge in [0.1, 0.15) is 17.6 Å². The van der Waals surface area contributed by atoms with E-state index < -0.39 is 29.8 Å². The van der Waals surface area contributed by atoms with Crippen LogP contribution in [0.1, 0.15) is 31.4 Å². The van der Waals surface area contributed by atoms with Gasteiger partial charge in [0.25, 0.3) is 0 Å². The number of rotatable bonds is 8. The number of ether oxygens (including phenoxy) is 2. The maximum absolute atomic E-state index is 13.6. The molecule has 0 spiro atoms. The SMILES string of the molecule is CCOc1ccc(N(C(=O)C(F)(F)F)[C@@H](C(=O)NC[C@@H]2CCCO2)c2ccc(F)cc2)cc1. The van der Waals surface area contributed by atoms with Crippen LogP contribution in [0.2, 0.25) is 0 Å². The minimum absolute atomic E-state index is 0.0210. The van der Waals surface area contributed by atoms with Crippen LogP contribution in [0.5, 0.6) is 5.75 Å². The van der Waals surface area contributed by atoms with Gasteiger partial charge < -0.3 is 14.8 Å². The number of carbonyl (C=O) groups excluding carboxylic acids is 2. The molecule has 2 aromatic carbocycles. The van der Waals surface area contributed by atoms with E-state index >= 15 is 0 Å². The summed E-state index contributed by atoms with van der Waals surface area (Å²) in [5.74, 6) is -3.31. The highest BCUT2D eigenvalue weighted by Gasteiger charge is 2.47. The lowest BCUT2D eigenvalue weighted by Gasteiger charge is -2.32. The average Bonchev–Trinajstić information content (AvgIpc) is 3.30. The number of nitrogens with one attached hydrogen (secondary N) is 1. The molecule has 0 saturated carbocycles. The van der Waals surface area contributed by atoms with Gasteiger partial charge in [-0.1, -0.05) is 12.1 Å². The first-order chi connectivity index (χ1) is 15.7. The highest BCUT2D eigenvalue weighted by Crippen LogP contribution is 2.34. The molecule has 3 rings (SSSR count). The van der Waals surface area contributed by atoms with E-state index in [4.69, 9.17) is 9.47 Å². The molecule has 0 radical (unpaired) electrons. The van der Waals surface area contributed by atoms with E-state index in [2.05, 4.69) is 5.32 Å². The van der Waals surface area contributed by atoms with Crippen molar-refractivity contribution in [1.82, 2.24) is 5.32 Å². The normalized spacial score (nSPS) is 16.8. The Morgan fingerprint density at radius 3 is 2.36 bits per heavy atom. The number of amides is 2. The third kappa shape index (κ3) is 6.22. The van der Waals surface area contributed by atoms with Gasteiger partial charge in [-0.05, 0) is 61.7 Å². The van der Waals surface area contributed by atoms with Gasteiger partial charge in [0.05, 0.1) is 12.7 Å². The van der Waals surface area contributed by atoms with Crippen molar-refractivity contribution in [2.45, 2.75) is 38.1 Å². The quantitative estimate of drug-likeness (QED) is 0.591. The number of hydrogen-bond donors (Lipinski definition) is 1. The first kappa shape index (κ1) is 24.5. The Balaban J connectivity index is 2.02. The standard InChI is InChI=1S/C23H24F4N2O4/c1-2-32-18-11-9-17(10-12-18)29(22(31)23(25,26)27)20(15-5-7-16(24)8-6-15)21(30)28-14-19-4-3-13-33-19/h5-12,19-20H,2-4,13-14H2,1H3,(H,28,30)/t19-,20+/m0/s1. The molecule has 2 atom stereocenters. The Kier molecular flexibility index (Phi) is 7.91. The molecule has 1 N–H and O–H groups in total. The fourth-order valence-corrected chi connectivity index (χ4v) is 3.57. The van der Waals surface area contributed by atoms with E-state index in [9.17, 15) is 27.2 Å². The molecule has 0 unspecified atom stereocenters. The summed E-state index contributed by atoms with van der Waals surface area (Å²) < 4.78 is 65.0. The molecule has 10 heteroatoms. The van der Waals surface area contributed by atoms with E-state index in [-0.39, 0.29) is 23.9 Å². The molecule has 2 amide bonds. The second kappa shape index (κ2) is 10.7. The van der Waals surface area contributed by atoms with Crippen molar-refractivity contribution in [3.05, 3.63) is 59.9 Å². The minimum atomic E-state index is -5.26. The average molecular weight is 468 g/mol. The van der Waals surface area contributed by atoms with Gasteiger partial charge in [-0.3, -0.25) is 14.5 Å². The number of anilines is 1. The highest BCUT2D eigenvalue weighted by atomic mass is 19.4. The number of alkyl halides is 3. The Hall–Kier alpha value is -3.14. The van der Waals surface area contributed by atoms with Crippen LogP contribution < -0.4 is 15.0 Å². The number of nitrogens with zero attached hydrogens (tertiary/aromatic N) is 1. The number of benzene rings is 2. The lowest BCUT2D eigenvalue weighted by molar-refractivity contribution is -0.171. The molecule has 178 valence electrons. The topological polar surface area (TPSA) is 67.9 Å². The van der Waals surface area contributed by atoms with Crippen molar-refractivity contribution >= 4 is 17.5 Å². The first-order valence-electron chi connectivity index (χ1n) is 10.5. The molecule has 1 heterocycles. The van der Waals surface area contributed by atoms with Crippen molar-refractivity contribution < 1.29 is 36.6 Å². The van der Waals surface area contributed by atoms with Crippen LogP contribution in [0.15, 0.2) is 48.5 Å². The summed E-state index contributed by atoms with van der Waals surface area (Å²) in [6.07, 6.45) is -4.01. The number of carbonyl (C=O) groups is 2. The van der Waals surface area contributed by atoms with Crippen molar-refractivity contribution in [2.24, 2.45) is 0 Å². The second-order valence-electron chi connectivity index (χ2n) is 7.43. The summed E-state index contributed by atoms with van der Waals surface area (Å²) in [6.45, 7) is 2.70. The monoisotopic (exact) mass is 468 g/mol. The molecule has 33 heavy (non-hydrogen) atoms. The lowest BCUT2D eigenvalue weighted by atomic mass is 10.0. The van der Waals surface area contributed by atoms with Gasteiger partial charge in [-0.2, -0.15) is 13.2 Å². The molecule has 6 nitrogen and oxygen atoms in total. The van der Waals surface area contributed by atoms with Crippen LogP contribution in [0.25, 0.3) is 0 Å². The zero-order valence-electron chi connectivity index (χ0n) is 17.9. The van der Waals surface area contributed by atoms with Crippen molar-refractivity contribution in [3.8, 4) is 5.75 Å². The largest absolute Gasteiger partial charge is 0.494 e. The molecule has 1 aliphatic rings. The molecule has 0 aromatic heterocycles. The summed E-state index contributed by atoms with van der Waals surface area (Å²) in [6, 6.07) is 8.03. The molecule has 0 aliphatic carbocycles. The fraction of sp³-hybridized carbons (Fsp3) is 0.391. The molecule has 1 saturated heterocycles. The zero-order valence-corrected chi connectivity index (χ0v) is 17.9. The van der Waals surface area contributed by atoms with Crippen LogP contribution in [0.4, 0.5) is 23.2 Å². The summed E-state index contributed by atoms with van der Waals surface area (Å²) in [7, 11) is 0. The Bertz CT molecular complexity index is 942. The van der Waals surface area contributed by atoms with Gasteiger partial charge in [0.2, 0.25) is 5.91 Å². The van der Waals surface area contributed by atoms with E-state index in [0.717, 1.165) is 18.6 Å². The molecular formula is C23H24F4N2O4. The van der Waals surface area contributed by atoms with Crippen LogP contribution in [-0.2, 0) is 14.3 Å². The van der Waals surface area contributed by atoms with Crippen LogP contribution >= 0.6 is 0 Å². The highest BCUT2D eigenvalue weighted by molar-refractivity contribution is 6.03. The third-order valence-corrected chi connectivity index (χ3v) is 5.11. The van der Waals surface area contributed by atoms with Gasteiger partial charge in [-0.25, -0.2) is 4.39 Å². The van der Waals surface area contributed by atoms with E-state index in [0.29, 0.717) is 30.3 Å². The van der Waals surface area contributed by atoms with Crippen LogP contribution in [0, 0.1) is 5.82 Å². The van der Waals surface area contributed by atoms with Gasteiger partial charge in [0.15, 0.2) is 0 Å². The van der Waals surface area contributed by atoms with Crippen molar-refractivity contribution in [1.29, 1.82) is 0 Å². The van der Waals surface area contributed by atoms with E-state index in [1.807, 2.05) is 0 Å². The third-order valence-electron chi connectivity index (χ3n) is 5.11. The van der Waals surface area contributed by atoms with E-state index in [1.54, 1.807) is 6.92 Å². The molecular weight excluding hydrogens is 444 g/mol. The zero-order chi connectivity index (χ0) is 24.0. The number of halogens is 4. The summed E-state index contributed by atoms with van der Waals surface area (Å²) in [5, 5.41) is 2.58. The van der Waals surface area contributed by atoms with Crippen molar-refractivity contribution in [2.75, 3.05) is 24.7 Å². The predicted molar refractivity (Wildman–Crippen MR) is 112 cm³/mol. The predicted octanol–water partition coefficient (Wildman–Crippen LogP) is 4.16. The lowest BCUT2D eigenvalue weighted by Crippen LogP contribution is -2.49.